The third-order valence-electron chi connectivity index (χ3n) is 11.9. The fraction of sp³-hybridized carbons (Fsp3) is 0.0192. The molecular weight excluding hydrogens is 681 g/mol. The van der Waals surface area contributed by atoms with Crippen LogP contribution in [0.25, 0.3) is 83.9 Å². The molecule has 260 valence electrons. The van der Waals surface area contributed by atoms with Gasteiger partial charge in [-0.1, -0.05) is 152 Å². The van der Waals surface area contributed by atoms with Crippen molar-refractivity contribution in [3.8, 4) is 62.1 Å². The highest BCUT2D eigenvalue weighted by Crippen LogP contribution is 2.63. The first-order valence-corrected chi connectivity index (χ1v) is 19.1. The predicted octanol–water partition coefficient (Wildman–Crippen LogP) is 12.3. The van der Waals surface area contributed by atoms with Crippen LogP contribution in [0.5, 0.6) is 0 Å². The molecule has 2 heterocycles. The van der Waals surface area contributed by atoms with Crippen LogP contribution in [0.15, 0.2) is 194 Å². The Kier molecular flexibility index (Phi) is 6.52. The zero-order valence-electron chi connectivity index (χ0n) is 30.3. The quantitative estimate of drug-likeness (QED) is 0.182. The van der Waals surface area contributed by atoms with Crippen molar-refractivity contribution >= 4 is 21.8 Å². The van der Waals surface area contributed by atoms with E-state index in [0.717, 1.165) is 22.4 Å². The molecule has 2 aliphatic carbocycles. The van der Waals surface area contributed by atoms with Crippen LogP contribution in [0.4, 0.5) is 0 Å². The van der Waals surface area contributed by atoms with E-state index in [9.17, 15) is 0 Å². The molecule has 12 rings (SSSR count). The average Bonchev–Trinajstić information content (AvgIpc) is 3.88. The van der Waals surface area contributed by atoms with E-state index in [0.29, 0.717) is 17.5 Å². The summed E-state index contributed by atoms with van der Waals surface area (Å²) in [6.07, 6.45) is 0. The second-order valence-electron chi connectivity index (χ2n) is 14.7. The van der Waals surface area contributed by atoms with Gasteiger partial charge in [-0.15, -0.1) is 0 Å². The van der Waals surface area contributed by atoms with E-state index in [2.05, 4.69) is 180 Å². The van der Waals surface area contributed by atoms with Crippen LogP contribution in [-0.4, -0.2) is 19.5 Å². The molecule has 0 saturated heterocycles. The average molecular weight is 713 g/mol. The van der Waals surface area contributed by atoms with E-state index < -0.39 is 5.41 Å². The van der Waals surface area contributed by atoms with E-state index in [1.54, 1.807) is 0 Å². The van der Waals surface area contributed by atoms with Crippen LogP contribution in [0.1, 0.15) is 22.3 Å². The van der Waals surface area contributed by atoms with Crippen molar-refractivity contribution in [3.63, 3.8) is 0 Å². The van der Waals surface area contributed by atoms with Gasteiger partial charge in [-0.3, -0.25) is 0 Å². The van der Waals surface area contributed by atoms with Crippen molar-refractivity contribution in [1.82, 2.24) is 19.5 Å². The van der Waals surface area contributed by atoms with Gasteiger partial charge in [0.05, 0.1) is 16.4 Å². The van der Waals surface area contributed by atoms with Crippen molar-refractivity contribution in [1.29, 1.82) is 0 Å². The highest BCUT2D eigenvalue weighted by molar-refractivity contribution is 6.09. The lowest BCUT2D eigenvalue weighted by Crippen LogP contribution is -2.25. The molecule has 0 fully saturated rings. The number of hydrogen-bond donors (Lipinski definition) is 0. The standard InChI is InChI=1S/C52H32N4/c1-2-14-33(15-3-1)49-53-50(34-26-29-36(30-27-34)56-47-24-12-7-19-41(47)42-20-8-13-25-48(42)56)55-51(54-49)35-28-31-40-39-18-6-11-23-45(39)52(46(40)32-35)43-21-9-4-16-37(43)38-17-5-10-22-44(38)52/h1-32H. The summed E-state index contributed by atoms with van der Waals surface area (Å²) in [6.45, 7) is 0. The van der Waals surface area contributed by atoms with Gasteiger partial charge in [0, 0.05) is 33.2 Å². The van der Waals surface area contributed by atoms with Gasteiger partial charge in [-0.05, 0) is 87.0 Å². The molecule has 0 unspecified atom stereocenters. The smallest absolute Gasteiger partial charge is 0.164 e. The maximum atomic E-state index is 5.24. The minimum atomic E-state index is -0.449. The lowest BCUT2D eigenvalue weighted by molar-refractivity contribution is 0.794. The Morgan fingerprint density at radius 1 is 0.321 bits per heavy atom. The molecule has 0 N–H and O–H groups in total. The SMILES string of the molecule is c1ccc(-c2nc(-c3ccc(-n4c5ccccc5c5ccccc54)cc3)nc(-c3ccc4c(c3)C3(c5ccccc5-c5ccccc53)c3ccccc3-4)n2)cc1. The lowest BCUT2D eigenvalue weighted by Gasteiger charge is -2.30. The number of rotatable bonds is 4. The first kappa shape index (κ1) is 31.0. The van der Waals surface area contributed by atoms with Gasteiger partial charge < -0.3 is 4.57 Å². The Balaban J connectivity index is 1.04. The minimum absolute atomic E-state index is 0.449. The highest BCUT2D eigenvalue weighted by Gasteiger charge is 2.51. The van der Waals surface area contributed by atoms with Crippen LogP contribution in [0.3, 0.4) is 0 Å². The van der Waals surface area contributed by atoms with Crippen molar-refractivity contribution in [2.75, 3.05) is 0 Å². The van der Waals surface area contributed by atoms with Crippen LogP contribution in [0, 0.1) is 0 Å². The minimum Gasteiger partial charge on any atom is -0.309 e. The molecule has 0 amide bonds. The molecular formula is C52H32N4. The fourth-order valence-electron chi connectivity index (χ4n) is 9.54. The Morgan fingerprint density at radius 2 is 0.732 bits per heavy atom. The third-order valence-corrected chi connectivity index (χ3v) is 11.9. The van der Waals surface area contributed by atoms with Crippen molar-refractivity contribution < 1.29 is 0 Å². The second-order valence-corrected chi connectivity index (χ2v) is 14.7. The van der Waals surface area contributed by atoms with Gasteiger partial charge in [0.25, 0.3) is 0 Å². The van der Waals surface area contributed by atoms with Gasteiger partial charge in [0.1, 0.15) is 0 Å². The number of fused-ring (bicyclic) bond motifs is 13. The van der Waals surface area contributed by atoms with Crippen LogP contribution < -0.4 is 0 Å². The maximum absolute atomic E-state index is 5.24. The molecule has 0 saturated carbocycles. The molecule has 0 aliphatic heterocycles. The van der Waals surface area contributed by atoms with Crippen LogP contribution in [0.2, 0.25) is 0 Å². The van der Waals surface area contributed by atoms with Gasteiger partial charge in [-0.2, -0.15) is 0 Å². The van der Waals surface area contributed by atoms with Gasteiger partial charge in [0.2, 0.25) is 0 Å². The summed E-state index contributed by atoms with van der Waals surface area (Å²) in [6, 6.07) is 69.5. The van der Waals surface area contributed by atoms with Crippen LogP contribution in [-0.2, 0) is 5.41 Å². The molecule has 0 atom stereocenters. The Morgan fingerprint density at radius 3 is 1.29 bits per heavy atom. The molecule has 8 aromatic carbocycles. The summed E-state index contributed by atoms with van der Waals surface area (Å²) < 4.78 is 2.33. The molecule has 0 radical (unpaired) electrons. The fourth-order valence-corrected chi connectivity index (χ4v) is 9.54. The first-order chi connectivity index (χ1) is 27.8. The third kappa shape index (κ3) is 4.27. The molecule has 2 aromatic heterocycles. The van der Waals surface area contributed by atoms with E-state index in [1.165, 1.54) is 66.3 Å². The zero-order chi connectivity index (χ0) is 36.8. The van der Waals surface area contributed by atoms with Crippen molar-refractivity contribution in [2.45, 2.75) is 5.41 Å². The molecule has 0 bridgehead atoms. The van der Waals surface area contributed by atoms with Crippen molar-refractivity contribution in [3.05, 3.63) is 216 Å². The Hall–Kier alpha value is -7.43. The summed E-state index contributed by atoms with van der Waals surface area (Å²) in [5.41, 5.74) is 16.1. The molecule has 4 nitrogen and oxygen atoms in total. The summed E-state index contributed by atoms with van der Waals surface area (Å²) in [4.78, 5) is 15.5. The largest absolute Gasteiger partial charge is 0.309 e. The molecule has 10 aromatic rings. The van der Waals surface area contributed by atoms with E-state index in [-0.39, 0.29) is 0 Å². The number of para-hydroxylation sites is 2. The van der Waals surface area contributed by atoms with E-state index >= 15 is 0 Å². The van der Waals surface area contributed by atoms with E-state index in [1.807, 2.05) is 18.2 Å². The summed E-state index contributed by atoms with van der Waals surface area (Å²) in [5.74, 6) is 1.93. The maximum Gasteiger partial charge on any atom is 0.164 e. The highest BCUT2D eigenvalue weighted by atomic mass is 15.0. The first-order valence-electron chi connectivity index (χ1n) is 19.1. The topological polar surface area (TPSA) is 43.6 Å². The molecule has 1 spiro atoms. The number of hydrogen-bond acceptors (Lipinski definition) is 3. The normalized spacial score (nSPS) is 13.1. The number of nitrogens with zero attached hydrogens (tertiary/aromatic N) is 4. The van der Waals surface area contributed by atoms with Crippen molar-refractivity contribution in [2.24, 2.45) is 0 Å². The summed E-state index contributed by atoms with van der Waals surface area (Å²) in [5, 5.41) is 2.48. The Labute approximate surface area is 324 Å². The second kappa shape index (κ2) is 11.8. The van der Waals surface area contributed by atoms with E-state index in [4.69, 9.17) is 15.0 Å². The summed E-state index contributed by atoms with van der Waals surface area (Å²) in [7, 11) is 0. The molecule has 56 heavy (non-hydrogen) atoms. The van der Waals surface area contributed by atoms with Gasteiger partial charge >= 0.3 is 0 Å². The van der Waals surface area contributed by atoms with Crippen LogP contribution >= 0.6 is 0 Å². The molecule has 4 heteroatoms. The summed E-state index contributed by atoms with van der Waals surface area (Å²) >= 11 is 0. The lowest BCUT2D eigenvalue weighted by atomic mass is 9.70. The van der Waals surface area contributed by atoms with Gasteiger partial charge in [-0.25, -0.2) is 15.0 Å². The Bertz CT molecular complexity index is 3080. The zero-order valence-corrected chi connectivity index (χ0v) is 30.3. The number of benzene rings is 8. The number of aromatic nitrogens is 4. The predicted molar refractivity (Wildman–Crippen MR) is 227 cm³/mol. The van der Waals surface area contributed by atoms with Gasteiger partial charge in [0.15, 0.2) is 17.5 Å². The molecule has 2 aliphatic rings. The monoisotopic (exact) mass is 712 g/mol.